The van der Waals surface area contributed by atoms with Crippen molar-refractivity contribution in [1.29, 1.82) is 0 Å². The Morgan fingerprint density at radius 1 is 1.11 bits per heavy atom. The first kappa shape index (κ1) is 13.3. The normalized spacial score (nSPS) is 10.6. The SMILES string of the molecule is CNc1cc(C(C)C)nc(-c2ccc(OC)cc2)n1. The van der Waals surface area contributed by atoms with Gasteiger partial charge in [0.05, 0.1) is 7.11 Å². The van der Waals surface area contributed by atoms with E-state index in [-0.39, 0.29) is 0 Å². The Kier molecular flexibility index (Phi) is 4.00. The Morgan fingerprint density at radius 3 is 2.32 bits per heavy atom. The lowest BCUT2D eigenvalue weighted by atomic mass is 10.1. The molecule has 0 aliphatic heterocycles. The lowest BCUT2D eigenvalue weighted by Crippen LogP contribution is -2.02. The molecule has 4 nitrogen and oxygen atoms in total. The molecule has 1 N–H and O–H groups in total. The van der Waals surface area contributed by atoms with Crippen molar-refractivity contribution in [3.63, 3.8) is 0 Å². The van der Waals surface area contributed by atoms with Crippen molar-refractivity contribution >= 4 is 5.82 Å². The molecule has 0 bridgehead atoms. The summed E-state index contributed by atoms with van der Waals surface area (Å²) in [5, 5.41) is 3.08. The average molecular weight is 257 g/mol. The zero-order valence-electron chi connectivity index (χ0n) is 11.8. The fourth-order valence-electron chi connectivity index (χ4n) is 1.76. The molecule has 0 amide bonds. The highest BCUT2D eigenvalue weighted by Gasteiger charge is 2.09. The van der Waals surface area contributed by atoms with E-state index in [0.29, 0.717) is 5.92 Å². The third-order valence-corrected chi connectivity index (χ3v) is 2.94. The summed E-state index contributed by atoms with van der Waals surface area (Å²) < 4.78 is 5.16. The lowest BCUT2D eigenvalue weighted by molar-refractivity contribution is 0.415. The maximum absolute atomic E-state index is 5.16. The number of rotatable bonds is 4. The van der Waals surface area contributed by atoms with E-state index in [4.69, 9.17) is 4.74 Å². The first-order valence-corrected chi connectivity index (χ1v) is 6.35. The van der Waals surface area contributed by atoms with Crippen LogP contribution in [0.2, 0.25) is 0 Å². The maximum Gasteiger partial charge on any atom is 0.161 e. The molecule has 0 fully saturated rings. The van der Waals surface area contributed by atoms with Gasteiger partial charge in [-0.1, -0.05) is 13.8 Å². The van der Waals surface area contributed by atoms with Crippen LogP contribution in [-0.2, 0) is 0 Å². The van der Waals surface area contributed by atoms with Crippen molar-refractivity contribution in [3.8, 4) is 17.1 Å². The third kappa shape index (κ3) is 3.02. The van der Waals surface area contributed by atoms with Crippen LogP contribution in [0.3, 0.4) is 0 Å². The van der Waals surface area contributed by atoms with Crippen LogP contribution in [0.5, 0.6) is 5.75 Å². The molecule has 0 atom stereocenters. The summed E-state index contributed by atoms with van der Waals surface area (Å²) in [5.41, 5.74) is 2.02. The molecule has 1 aromatic carbocycles. The number of nitrogens with one attached hydrogen (secondary N) is 1. The van der Waals surface area contributed by atoms with Gasteiger partial charge in [0, 0.05) is 24.4 Å². The highest BCUT2D eigenvalue weighted by molar-refractivity contribution is 5.58. The van der Waals surface area contributed by atoms with Crippen LogP contribution in [0.25, 0.3) is 11.4 Å². The van der Waals surface area contributed by atoms with Gasteiger partial charge in [0.15, 0.2) is 5.82 Å². The molecule has 19 heavy (non-hydrogen) atoms. The largest absolute Gasteiger partial charge is 0.497 e. The highest BCUT2D eigenvalue weighted by Crippen LogP contribution is 2.23. The Hall–Kier alpha value is -2.10. The summed E-state index contributed by atoms with van der Waals surface area (Å²) in [4.78, 5) is 9.11. The first-order chi connectivity index (χ1) is 9.13. The number of nitrogens with zero attached hydrogens (tertiary/aromatic N) is 2. The van der Waals surface area contributed by atoms with Gasteiger partial charge in [-0.05, 0) is 30.2 Å². The van der Waals surface area contributed by atoms with Crippen LogP contribution < -0.4 is 10.1 Å². The number of benzene rings is 1. The average Bonchev–Trinajstić information content (AvgIpc) is 2.46. The molecule has 4 heteroatoms. The van der Waals surface area contributed by atoms with Gasteiger partial charge in [0.2, 0.25) is 0 Å². The zero-order chi connectivity index (χ0) is 13.8. The van der Waals surface area contributed by atoms with Crippen molar-refractivity contribution < 1.29 is 4.74 Å². The molecular weight excluding hydrogens is 238 g/mol. The van der Waals surface area contributed by atoms with Crippen LogP contribution >= 0.6 is 0 Å². The molecule has 0 unspecified atom stereocenters. The maximum atomic E-state index is 5.16. The second-order valence-electron chi connectivity index (χ2n) is 4.63. The van der Waals surface area contributed by atoms with E-state index in [9.17, 15) is 0 Å². The summed E-state index contributed by atoms with van der Waals surface area (Å²) in [6.07, 6.45) is 0. The second-order valence-corrected chi connectivity index (χ2v) is 4.63. The van der Waals surface area contributed by atoms with Gasteiger partial charge in [-0.25, -0.2) is 9.97 Å². The summed E-state index contributed by atoms with van der Waals surface area (Å²) in [6, 6.07) is 9.76. The lowest BCUT2D eigenvalue weighted by Gasteiger charge is -2.10. The number of hydrogen-bond donors (Lipinski definition) is 1. The molecule has 2 rings (SSSR count). The fourth-order valence-corrected chi connectivity index (χ4v) is 1.76. The monoisotopic (exact) mass is 257 g/mol. The summed E-state index contributed by atoms with van der Waals surface area (Å²) in [5.74, 6) is 2.77. The standard InChI is InChI=1S/C15H19N3O/c1-10(2)13-9-14(16-3)18-15(17-13)11-5-7-12(19-4)8-6-11/h5-10H,1-4H3,(H,16,17,18). The number of ether oxygens (including phenoxy) is 1. The molecule has 0 saturated carbocycles. The van der Waals surface area contributed by atoms with Gasteiger partial charge in [-0.2, -0.15) is 0 Å². The summed E-state index contributed by atoms with van der Waals surface area (Å²) >= 11 is 0. The molecule has 0 aliphatic rings. The van der Waals surface area contributed by atoms with Crippen LogP contribution in [-0.4, -0.2) is 24.1 Å². The van der Waals surface area contributed by atoms with Crippen molar-refractivity contribution in [2.24, 2.45) is 0 Å². The molecule has 2 aromatic rings. The number of hydrogen-bond acceptors (Lipinski definition) is 4. The molecule has 1 heterocycles. The van der Waals surface area contributed by atoms with Crippen molar-refractivity contribution in [2.75, 3.05) is 19.5 Å². The van der Waals surface area contributed by atoms with E-state index in [1.54, 1.807) is 7.11 Å². The van der Waals surface area contributed by atoms with Crippen molar-refractivity contribution in [2.45, 2.75) is 19.8 Å². The van der Waals surface area contributed by atoms with Gasteiger partial charge in [-0.15, -0.1) is 0 Å². The number of anilines is 1. The summed E-state index contributed by atoms with van der Waals surface area (Å²) in [6.45, 7) is 4.25. The third-order valence-electron chi connectivity index (χ3n) is 2.94. The minimum atomic E-state index is 0.368. The van der Waals surface area contributed by atoms with E-state index in [1.807, 2.05) is 37.4 Å². The van der Waals surface area contributed by atoms with E-state index >= 15 is 0 Å². The molecule has 100 valence electrons. The molecule has 0 radical (unpaired) electrons. The predicted molar refractivity (Wildman–Crippen MR) is 77.7 cm³/mol. The van der Waals surface area contributed by atoms with Crippen LogP contribution in [0, 0.1) is 0 Å². The van der Waals surface area contributed by atoms with Gasteiger partial charge < -0.3 is 10.1 Å². The molecule has 0 spiro atoms. The topological polar surface area (TPSA) is 47.0 Å². The molecule has 1 aromatic heterocycles. The molecular formula is C15H19N3O. The quantitative estimate of drug-likeness (QED) is 0.912. The van der Waals surface area contributed by atoms with Crippen molar-refractivity contribution in [3.05, 3.63) is 36.0 Å². The molecule has 0 saturated heterocycles. The number of aromatic nitrogens is 2. The van der Waals surface area contributed by atoms with Crippen LogP contribution in [0.15, 0.2) is 30.3 Å². The van der Waals surface area contributed by atoms with Crippen molar-refractivity contribution in [1.82, 2.24) is 9.97 Å². The summed E-state index contributed by atoms with van der Waals surface area (Å²) in [7, 11) is 3.52. The predicted octanol–water partition coefficient (Wildman–Crippen LogP) is 3.32. The zero-order valence-corrected chi connectivity index (χ0v) is 11.8. The molecule has 0 aliphatic carbocycles. The van der Waals surface area contributed by atoms with E-state index in [1.165, 1.54) is 0 Å². The van der Waals surface area contributed by atoms with Gasteiger partial charge in [0.1, 0.15) is 11.6 Å². The van der Waals surface area contributed by atoms with Crippen LogP contribution in [0.1, 0.15) is 25.5 Å². The number of methoxy groups -OCH3 is 1. The Morgan fingerprint density at radius 2 is 1.79 bits per heavy atom. The Labute approximate surface area is 113 Å². The van der Waals surface area contributed by atoms with E-state index in [0.717, 1.165) is 28.6 Å². The minimum absolute atomic E-state index is 0.368. The van der Waals surface area contributed by atoms with Crippen LogP contribution in [0.4, 0.5) is 5.82 Å². The fraction of sp³-hybridized carbons (Fsp3) is 0.333. The highest BCUT2D eigenvalue weighted by atomic mass is 16.5. The second kappa shape index (κ2) is 5.69. The van der Waals surface area contributed by atoms with Gasteiger partial charge in [-0.3, -0.25) is 0 Å². The minimum Gasteiger partial charge on any atom is -0.497 e. The Balaban J connectivity index is 2.44. The van der Waals surface area contributed by atoms with Gasteiger partial charge in [0.25, 0.3) is 0 Å². The smallest absolute Gasteiger partial charge is 0.161 e. The van der Waals surface area contributed by atoms with Gasteiger partial charge >= 0.3 is 0 Å². The van der Waals surface area contributed by atoms with E-state index in [2.05, 4.69) is 29.1 Å². The first-order valence-electron chi connectivity index (χ1n) is 6.35. The Bertz CT molecular complexity index is 550. The van der Waals surface area contributed by atoms with E-state index < -0.39 is 0 Å².